The summed E-state index contributed by atoms with van der Waals surface area (Å²) >= 11 is 0. The Morgan fingerprint density at radius 1 is 1.05 bits per heavy atom. The Balaban J connectivity index is 2.62. The summed E-state index contributed by atoms with van der Waals surface area (Å²) in [6.07, 6.45) is -0.173. The molecule has 1 rings (SSSR count). The highest BCUT2D eigenvalue weighted by Crippen LogP contribution is 2.04. The second-order valence-corrected chi connectivity index (χ2v) is 4.35. The number of carbonyl (C=O) groups excluding carboxylic acids is 2. The van der Waals surface area contributed by atoms with Gasteiger partial charge in [-0.25, -0.2) is 4.79 Å². The predicted octanol–water partition coefficient (Wildman–Crippen LogP) is 0.694. The van der Waals surface area contributed by atoms with Crippen molar-refractivity contribution in [3.63, 3.8) is 0 Å². The van der Waals surface area contributed by atoms with Crippen molar-refractivity contribution in [1.82, 2.24) is 5.32 Å². The molecule has 7 nitrogen and oxygen atoms in total. The zero-order valence-corrected chi connectivity index (χ0v) is 11.1. The number of hydrogen-bond donors (Lipinski definition) is 3. The number of benzene rings is 1. The van der Waals surface area contributed by atoms with Crippen LogP contribution in [0.3, 0.4) is 0 Å². The van der Waals surface area contributed by atoms with E-state index in [-0.39, 0.29) is 24.8 Å². The molecule has 0 bridgehead atoms. The van der Waals surface area contributed by atoms with Gasteiger partial charge in [0.25, 0.3) is 5.91 Å². The summed E-state index contributed by atoms with van der Waals surface area (Å²) in [7, 11) is 0. The van der Waals surface area contributed by atoms with Gasteiger partial charge in [0.05, 0.1) is 0 Å². The van der Waals surface area contributed by atoms with Crippen molar-refractivity contribution in [1.29, 1.82) is 0 Å². The Morgan fingerprint density at radius 2 is 1.67 bits per heavy atom. The lowest BCUT2D eigenvalue weighted by Gasteiger charge is -2.13. The van der Waals surface area contributed by atoms with Gasteiger partial charge in [0.15, 0.2) is 0 Å². The molecule has 0 saturated heterocycles. The van der Waals surface area contributed by atoms with Crippen molar-refractivity contribution >= 4 is 23.6 Å². The first kappa shape index (κ1) is 16.4. The third-order valence-corrected chi connectivity index (χ3v) is 2.73. The Bertz CT molecular complexity index is 540. The molecule has 0 radical (unpaired) electrons. The second kappa shape index (κ2) is 7.78. The fourth-order valence-corrected chi connectivity index (χ4v) is 1.66. The standard InChI is InChI=1S/C14H15NO6/c16-11(17)8-4-7-10(14(20)21)15-13(19)12(18)9-5-2-1-3-6-9/h1-3,5-6,10H,4,7-8H2,(H,15,19)(H,16,17)(H,20,21). The molecule has 0 fully saturated rings. The molecule has 0 spiro atoms. The third-order valence-electron chi connectivity index (χ3n) is 2.73. The smallest absolute Gasteiger partial charge is 0.326 e. The van der Waals surface area contributed by atoms with Crippen LogP contribution in [0.1, 0.15) is 29.6 Å². The van der Waals surface area contributed by atoms with Gasteiger partial charge >= 0.3 is 11.9 Å². The van der Waals surface area contributed by atoms with Crippen LogP contribution in [0.4, 0.5) is 0 Å². The van der Waals surface area contributed by atoms with Gasteiger partial charge in [-0.3, -0.25) is 14.4 Å². The molecule has 7 heteroatoms. The number of amides is 1. The highest BCUT2D eigenvalue weighted by Gasteiger charge is 2.24. The fraction of sp³-hybridized carbons (Fsp3) is 0.286. The van der Waals surface area contributed by atoms with E-state index in [0.717, 1.165) is 0 Å². The molecular weight excluding hydrogens is 278 g/mol. The first-order valence-electron chi connectivity index (χ1n) is 6.26. The first-order chi connectivity index (χ1) is 9.91. The van der Waals surface area contributed by atoms with Crippen LogP contribution >= 0.6 is 0 Å². The lowest BCUT2D eigenvalue weighted by Crippen LogP contribution is -2.44. The maximum atomic E-state index is 11.8. The van der Waals surface area contributed by atoms with Crippen molar-refractivity contribution in [2.24, 2.45) is 0 Å². The van der Waals surface area contributed by atoms with Crippen LogP contribution in [0.25, 0.3) is 0 Å². The molecule has 0 aromatic heterocycles. The second-order valence-electron chi connectivity index (χ2n) is 4.35. The number of aliphatic carboxylic acids is 2. The summed E-state index contributed by atoms with van der Waals surface area (Å²) in [4.78, 5) is 44.9. The van der Waals surface area contributed by atoms with Gasteiger partial charge in [-0.05, 0) is 12.8 Å². The van der Waals surface area contributed by atoms with Crippen molar-refractivity contribution in [2.45, 2.75) is 25.3 Å². The molecule has 1 aromatic carbocycles. The van der Waals surface area contributed by atoms with Gasteiger partial charge in [-0.2, -0.15) is 0 Å². The maximum Gasteiger partial charge on any atom is 0.326 e. The van der Waals surface area contributed by atoms with E-state index in [9.17, 15) is 19.2 Å². The SMILES string of the molecule is O=C(O)CCCC(NC(=O)C(=O)c1ccccc1)C(=O)O. The molecule has 0 saturated carbocycles. The van der Waals surface area contributed by atoms with Crippen LogP contribution in [0.15, 0.2) is 30.3 Å². The van der Waals surface area contributed by atoms with E-state index in [1.165, 1.54) is 12.1 Å². The summed E-state index contributed by atoms with van der Waals surface area (Å²) in [5.74, 6) is -4.22. The molecule has 3 N–H and O–H groups in total. The molecule has 1 atom stereocenters. The number of carboxylic acids is 2. The zero-order chi connectivity index (χ0) is 15.8. The highest BCUT2D eigenvalue weighted by atomic mass is 16.4. The molecule has 21 heavy (non-hydrogen) atoms. The number of carbonyl (C=O) groups is 4. The van der Waals surface area contributed by atoms with Crippen molar-refractivity contribution in [3.8, 4) is 0 Å². The Morgan fingerprint density at radius 3 is 2.19 bits per heavy atom. The van der Waals surface area contributed by atoms with Gasteiger partial charge in [0.2, 0.25) is 5.78 Å². The van der Waals surface area contributed by atoms with Gasteiger partial charge in [0, 0.05) is 12.0 Å². The zero-order valence-electron chi connectivity index (χ0n) is 11.1. The number of ketones is 1. The highest BCUT2D eigenvalue weighted by molar-refractivity contribution is 6.43. The van der Waals surface area contributed by atoms with Crippen LogP contribution in [0.5, 0.6) is 0 Å². The van der Waals surface area contributed by atoms with Crippen LogP contribution in [0, 0.1) is 0 Å². The van der Waals surface area contributed by atoms with E-state index in [4.69, 9.17) is 10.2 Å². The van der Waals surface area contributed by atoms with Crippen molar-refractivity contribution < 1.29 is 29.4 Å². The number of Topliss-reactive ketones (excluding diaryl/α,β-unsaturated/α-hetero) is 1. The van der Waals surface area contributed by atoms with Gasteiger partial charge in [-0.1, -0.05) is 30.3 Å². The molecule has 1 aromatic rings. The summed E-state index contributed by atoms with van der Waals surface area (Å²) in [5.41, 5.74) is 0.157. The number of hydrogen-bond acceptors (Lipinski definition) is 4. The minimum atomic E-state index is -1.31. The molecule has 112 valence electrons. The summed E-state index contributed by atoms with van der Waals surface area (Å²) in [5, 5.41) is 19.6. The Labute approximate surface area is 120 Å². The van der Waals surface area contributed by atoms with E-state index in [2.05, 4.69) is 5.32 Å². The Hall–Kier alpha value is -2.70. The maximum absolute atomic E-state index is 11.8. The van der Waals surface area contributed by atoms with Crippen molar-refractivity contribution in [2.75, 3.05) is 0 Å². The van der Waals surface area contributed by atoms with Gasteiger partial charge in [0.1, 0.15) is 6.04 Å². The minimum absolute atomic E-state index is 0.0601. The molecule has 1 unspecified atom stereocenters. The monoisotopic (exact) mass is 293 g/mol. The van der Waals surface area contributed by atoms with Crippen LogP contribution in [-0.2, 0) is 14.4 Å². The average molecular weight is 293 g/mol. The van der Waals surface area contributed by atoms with Gasteiger partial charge < -0.3 is 15.5 Å². The first-order valence-corrected chi connectivity index (χ1v) is 6.26. The minimum Gasteiger partial charge on any atom is -0.481 e. The van der Waals surface area contributed by atoms with Gasteiger partial charge in [-0.15, -0.1) is 0 Å². The van der Waals surface area contributed by atoms with E-state index in [1.54, 1.807) is 18.2 Å². The Kier molecular flexibility index (Phi) is 6.06. The van der Waals surface area contributed by atoms with Crippen molar-refractivity contribution in [3.05, 3.63) is 35.9 Å². The third kappa shape index (κ3) is 5.43. The lowest BCUT2D eigenvalue weighted by molar-refractivity contribution is -0.142. The number of rotatable bonds is 8. The summed E-state index contributed by atoms with van der Waals surface area (Å²) in [6.45, 7) is 0. The number of carboxylic acid groups (broad SMARTS) is 2. The summed E-state index contributed by atoms with van der Waals surface area (Å²) in [6, 6.07) is 6.46. The molecule has 1 amide bonds. The van der Waals surface area contributed by atoms with E-state index < -0.39 is 29.7 Å². The predicted molar refractivity (Wildman–Crippen MR) is 71.8 cm³/mol. The van der Waals surface area contributed by atoms with Crippen LogP contribution < -0.4 is 5.32 Å². The van der Waals surface area contributed by atoms with Crippen LogP contribution in [-0.4, -0.2) is 39.9 Å². The fourth-order valence-electron chi connectivity index (χ4n) is 1.66. The quantitative estimate of drug-likeness (QED) is 0.479. The largest absolute Gasteiger partial charge is 0.481 e. The topological polar surface area (TPSA) is 121 Å². The average Bonchev–Trinajstić information content (AvgIpc) is 2.45. The van der Waals surface area contributed by atoms with E-state index >= 15 is 0 Å². The van der Waals surface area contributed by atoms with E-state index in [0.29, 0.717) is 0 Å². The summed E-state index contributed by atoms with van der Waals surface area (Å²) < 4.78 is 0. The van der Waals surface area contributed by atoms with E-state index in [1.807, 2.05) is 0 Å². The van der Waals surface area contributed by atoms with Crippen LogP contribution in [0.2, 0.25) is 0 Å². The molecule has 0 heterocycles. The molecule has 0 aliphatic rings. The number of nitrogens with one attached hydrogen (secondary N) is 1. The normalized spacial score (nSPS) is 11.4. The molecule has 0 aliphatic heterocycles. The lowest BCUT2D eigenvalue weighted by atomic mass is 10.1. The molecule has 0 aliphatic carbocycles. The molecular formula is C14H15NO6.